The second kappa shape index (κ2) is 7.22. The number of methoxy groups -OCH3 is 1. The van der Waals surface area contributed by atoms with E-state index >= 15 is 0 Å². The highest BCUT2D eigenvalue weighted by Crippen LogP contribution is 2.19. The Morgan fingerprint density at radius 1 is 1.11 bits per heavy atom. The second-order valence-corrected chi connectivity index (χ2v) is 3.78. The topological polar surface area (TPSA) is 108 Å². The molecule has 7 heteroatoms. The van der Waals surface area contributed by atoms with Crippen LogP contribution in [-0.4, -0.2) is 48.8 Å². The lowest BCUT2D eigenvalue weighted by Crippen LogP contribution is -2.36. The lowest BCUT2D eigenvalue weighted by atomic mass is 10.2. The highest BCUT2D eigenvalue weighted by Gasteiger charge is 2.08. The number of hydrogen-bond acceptors (Lipinski definition) is 5. The van der Waals surface area contributed by atoms with E-state index in [4.69, 9.17) is 0 Å². The molecule has 0 radical (unpaired) electrons. The number of hydrogen-bond donors (Lipinski definition) is 4. The molecule has 1 aromatic rings. The summed E-state index contributed by atoms with van der Waals surface area (Å²) in [5, 5.41) is 23.5. The molecule has 0 fully saturated rings. The van der Waals surface area contributed by atoms with E-state index in [2.05, 4.69) is 15.4 Å². The predicted octanol–water partition coefficient (Wildman–Crippen LogP) is -0.410. The molecule has 0 aliphatic rings. The van der Waals surface area contributed by atoms with Crippen LogP contribution in [0.3, 0.4) is 0 Å². The molecule has 0 bridgehead atoms. The highest BCUT2D eigenvalue weighted by molar-refractivity contribution is 5.95. The van der Waals surface area contributed by atoms with E-state index in [0.717, 1.165) is 6.07 Å². The molecule has 0 aliphatic carbocycles. The van der Waals surface area contributed by atoms with Crippen LogP contribution in [0, 0.1) is 0 Å². The third-order valence-corrected chi connectivity index (χ3v) is 2.17. The van der Waals surface area contributed by atoms with E-state index in [-0.39, 0.29) is 42.7 Å². The first-order valence-electron chi connectivity index (χ1n) is 5.60. The van der Waals surface area contributed by atoms with E-state index in [9.17, 15) is 19.8 Å². The molecule has 1 aromatic carbocycles. The number of aromatic hydroxyl groups is 2. The standard InChI is InChI=1S/C12H16N2O5/c1-19-7-11(17)13-2-3-14-12(18)8-4-9(15)6-10(16)5-8/h4-6,15-16H,2-3,7H2,1H3,(H,13,17)(H,14,18). The molecular formula is C12H16N2O5. The first-order valence-corrected chi connectivity index (χ1v) is 5.60. The fourth-order valence-electron chi connectivity index (χ4n) is 1.39. The van der Waals surface area contributed by atoms with Gasteiger partial charge in [0.05, 0.1) is 0 Å². The third kappa shape index (κ3) is 5.26. The minimum atomic E-state index is -0.452. The van der Waals surface area contributed by atoms with Crippen LogP contribution in [0.5, 0.6) is 11.5 Å². The van der Waals surface area contributed by atoms with Crippen molar-refractivity contribution in [2.45, 2.75) is 0 Å². The number of nitrogens with one attached hydrogen (secondary N) is 2. The summed E-state index contributed by atoms with van der Waals surface area (Å²) in [6, 6.07) is 3.60. The van der Waals surface area contributed by atoms with Crippen LogP contribution >= 0.6 is 0 Å². The molecule has 0 saturated carbocycles. The van der Waals surface area contributed by atoms with Gasteiger partial charge in [-0.2, -0.15) is 0 Å². The van der Waals surface area contributed by atoms with Crippen molar-refractivity contribution in [3.63, 3.8) is 0 Å². The smallest absolute Gasteiger partial charge is 0.251 e. The van der Waals surface area contributed by atoms with E-state index < -0.39 is 5.91 Å². The van der Waals surface area contributed by atoms with Gasteiger partial charge < -0.3 is 25.6 Å². The number of amides is 2. The van der Waals surface area contributed by atoms with Gasteiger partial charge in [-0.05, 0) is 12.1 Å². The van der Waals surface area contributed by atoms with E-state index in [1.807, 2.05) is 0 Å². The van der Waals surface area contributed by atoms with Gasteiger partial charge in [-0.25, -0.2) is 0 Å². The zero-order valence-corrected chi connectivity index (χ0v) is 10.5. The van der Waals surface area contributed by atoms with Crippen molar-refractivity contribution in [1.29, 1.82) is 0 Å². The zero-order chi connectivity index (χ0) is 14.3. The van der Waals surface area contributed by atoms with Crippen LogP contribution in [0.4, 0.5) is 0 Å². The van der Waals surface area contributed by atoms with Gasteiger partial charge in [0, 0.05) is 31.8 Å². The number of rotatable bonds is 6. The van der Waals surface area contributed by atoms with Crippen molar-refractivity contribution in [2.75, 3.05) is 26.8 Å². The Bertz CT molecular complexity index is 441. The Hall–Kier alpha value is -2.28. The molecular weight excluding hydrogens is 252 g/mol. The summed E-state index contributed by atoms with van der Waals surface area (Å²) < 4.78 is 4.62. The fourth-order valence-corrected chi connectivity index (χ4v) is 1.39. The molecule has 0 spiro atoms. The van der Waals surface area contributed by atoms with Gasteiger partial charge in [0.2, 0.25) is 5.91 Å². The maximum Gasteiger partial charge on any atom is 0.251 e. The summed E-state index contributed by atoms with van der Waals surface area (Å²) in [6.45, 7) is 0.456. The van der Waals surface area contributed by atoms with Gasteiger partial charge in [0.15, 0.2) is 0 Å². The van der Waals surface area contributed by atoms with Crippen molar-refractivity contribution in [3.8, 4) is 11.5 Å². The molecule has 0 unspecified atom stereocenters. The van der Waals surface area contributed by atoms with Crippen LogP contribution in [0.15, 0.2) is 18.2 Å². The molecule has 1 rings (SSSR count). The summed E-state index contributed by atoms with van der Waals surface area (Å²) in [6.07, 6.45) is 0. The molecule has 0 saturated heterocycles. The lowest BCUT2D eigenvalue weighted by Gasteiger charge is -2.07. The first-order chi connectivity index (χ1) is 9.02. The summed E-state index contributed by atoms with van der Waals surface area (Å²) >= 11 is 0. The molecule has 7 nitrogen and oxygen atoms in total. The van der Waals surface area contributed by atoms with Gasteiger partial charge in [-0.15, -0.1) is 0 Å². The van der Waals surface area contributed by atoms with Crippen molar-refractivity contribution >= 4 is 11.8 Å². The average molecular weight is 268 g/mol. The van der Waals surface area contributed by atoms with Crippen LogP contribution in [0.1, 0.15) is 10.4 Å². The Morgan fingerprint density at radius 3 is 2.26 bits per heavy atom. The van der Waals surface area contributed by atoms with Crippen LogP contribution in [-0.2, 0) is 9.53 Å². The summed E-state index contributed by atoms with van der Waals surface area (Å²) in [7, 11) is 1.41. The van der Waals surface area contributed by atoms with Gasteiger partial charge in [-0.3, -0.25) is 9.59 Å². The molecule has 0 aliphatic heterocycles. The minimum absolute atomic E-state index is 0.0334. The number of carbonyl (C=O) groups excluding carboxylic acids is 2. The second-order valence-electron chi connectivity index (χ2n) is 3.78. The average Bonchev–Trinajstić information content (AvgIpc) is 2.33. The van der Waals surface area contributed by atoms with Crippen molar-refractivity contribution in [3.05, 3.63) is 23.8 Å². The maximum absolute atomic E-state index is 11.6. The molecule has 0 atom stereocenters. The van der Waals surface area contributed by atoms with E-state index in [1.54, 1.807) is 0 Å². The molecule has 104 valence electrons. The largest absolute Gasteiger partial charge is 0.508 e. The molecule has 0 aromatic heterocycles. The summed E-state index contributed by atoms with van der Waals surface area (Å²) in [5.74, 6) is -1.11. The fraction of sp³-hybridized carbons (Fsp3) is 0.333. The Labute approximate surface area is 110 Å². The predicted molar refractivity (Wildman–Crippen MR) is 67.0 cm³/mol. The van der Waals surface area contributed by atoms with Gasteiger partial charge in [-0.1, -0.05) is 0 Å². The number of phenolic OH excluding ortho intramolecular Hbond substituents is 2. The molecule has 0 heterocycles. The Kier molecular flexibility index (Phi) is 5.62. The number of phenols is 2. The first kappa shape index (κ1) is 14.8. The monoisotopic (exact) mass is 268 g/mol. The minimum Gasteiger partial charge on any atom is -0.508 e. The zero-order valence-electron chi connectivity index (χ0n) is 10.5. The van der Waals surface area contributed by atoms with E-state index in [0.29, 0.717) is 0 Å². The van der Waals surface area contributed by atoms with Crippen LogP contribution in [0.2, 0.25) is 0 Å². The summed E-state index contributed by atoms with van der Waals surface area (Å²) in [4.78, 5) is 22.7. The normalized spacial score (nSPS) is 9.95. The highest BCUT2D eigenvalue weighted by atomic mass is 16.5. The van der Waals surface area contributed by atoms with Crippen molar-refractivity contribution in [1.82, 2.24) is 10.6 Å². The van der Waals surface area contributed by atoms with E-state index in [1.165, 1.54) is 19.2 Å². The lowest BCUT2D eigenvalue weighted by molar-refractivity contribution is -0.124. The van der Waals surface area contributed by atoms with Crippen molar-refractivity contribution < 1.29 is 24.5 Å². The summed E-state index contributed by atoms with van der Waals surface area (Å²) in [5.41, 5.74) is 0.140. The van der Waals surface area contributed by atoms with Gasteiger partial charge in [0.1, 0.15) is 18.1 Å². The van der Waals surface area contributed by atoms with Gasteiger partial charge >= 0.3 is 0 Å². The van der Waals surface area contributed by atoms with Gasteiger partial charge in [0.25, 0.3) is 5.91 Å². The quantitative estimate of drug-likeness (QED) is 0.525. The Balaban J connectivity index is 2.37. The number of benzene rings is 1. The number of ether oxygens (including phenoxy) is 1. The molecule has 2 amide bonds. The van der Waals surface area contributed by atoms with Crippen molar-refractivity contribution in [2.24, 2.45) is 0 Å². The maximum atomic E-state index is 11.6. The third-order valence-electron chi connectivity index (χ3n) is 2.17. The van der Waals surface area contributed by atoms with Crippen LogP contribution in [0.25, 0.3) is 0 Å². The molecule has 19 heavy (non-hydrogen) atoms. The SMILES string of the molecule is COCC(=O)NCCNC(=O)c1cc(O)cc(O)c1. The Morgan fingerprint density at radius 2 is 1.68 bits per heavy atom. The number of carbonyl (C=O) groups is 2. The van der Waals surface area contributed by atoms with Crippen LogP contribution < -0.4 is 10.6 Å². The molecule has 4 N–H and O–H groups in total.